The van der Waals surface area contributed by atoms with Crippen LogP contribution in [0.15, 0.2) is 114 Å². The van der Waals surface area contributed by atoms with E-state index in [9.17, 15) is 13.2 Å². The van der Waals surface area contributed by atoms with E-state index in [-0.39, 0.29) is 10.6 Å². The minimum Gasteiger partial charge on any atom is -0.487 e. The van der Waals surface area contributed by atoms with Gasteiger partial charge in [0.1, 0.15) is 12.4 Å². The minimum absolute atomic E-state index is 0.133. The molecule has 0 atom stereocenters. The Morgan fingerprint density at radius 2 is 1.51 bits per heavy atom. The maximum absolute atomic E-state index is 12.7. The van der Waals surface area contributed by atoms with Gasteiger partial charge in [-0.3, -0.25) is 14.5 Å². The average molecular weight is 486 g/mol. The molecule has 7 nitrogen and oxygen atoms in total. The van der Waals surface area contributed by atoms with Crippen molar-refractivity contribution < 1.29 is 17.9 Å². The van der Waals surface area contributed by atoms with Gasteiger partial charge in [-0.2, -0.15) is 0 Å². The Morgan fingerprint density at radius 3 is 2.23 bits per heavy atom. The molecule has 1 amide bonds. The highest BCUT2D eigenvalue weighted by Gasteiger charge is 2.15. The van der Waals surface area contributed by atoms with Gasteiger partial charge in [0.15, 0.2) is 0 Å². The molecule has 0 radical (unpaired) electrons. The van der Waals surface area contributed by atoms with Crippen LogP contribution in [0, 0.1) is 0 Å². The summed E-state index contributed by atoms with van der Waals surface area (Å²) in [5, 5.41) is 2.72. The van der Waals surface area contributed by atoms with Gasteiger partial charge >= 0.3 is 0 Å². The first-order chi connectivity index (χ1) is 17.0. The van der Waals surface area contributed by atoms with Gasteiger partial charge in [-0.15, -0.1) is 0 Å². The van der Waals surface area contributed by atoms with Crippen molar-refractivity contribution in [1.29, 1.82) is 0 Å². The zero-order chi connectivity index (χ0) is 24.5. The standard InChI is InChI=1S/C27H23N3O4S/c31-27(18-15-21-13-16-23(17-14-21)34-20-22-8-6-7-19-28-22)29-25-11-4-5-12-26(25)30-35(32,33)24-9-2-1-3-10-24/h1-19,30H,20H2,(H,29,31)/b18-15+. The predicted octanol–water partition coefficient (Wildman–Crippen LogP) is 5.11. The van der Waals surface area contributed by atoms with Crippen LogP contribution in [-0.4, -0.2) is 19.3 Å². The van der Waals surface area contributed by atoms with E-state index >= 15 is 0 Å². The van der Waals surface area contributed by atoms with Crippen LogP contribution in [-0.2, 0) is 21.4 Å². The number of nitrogens with zero attached hydrogens (tertiary/aromatic N) is 1. The molecule has 0 aliphatic carbocycles. The van der Waals surface area contributed by atoms with Crippen LogP contribution in [0.2, 0.25) is 0 Å². The number of carbonyl (C=O) groups excluding carboxylic acids is 1. The van der Waals surface area contributed by atoms with Gasteiger partial charge in [-0.1, -0.05) is 48.5 Å². The molecule has 0 aliphatic rings. The van der Waals surface area contributed by atoms with Crippen LogP contribution in [0.4, 0.5) is 11.4 Å². The van der Waals surface area contributed by atoms with Crippen molar-refractivity contribution in [3.63, 3.8) is 0 Å². The van der Waals surface area contributed by atoms with Crippen LogP contribution in [0.1, 0.15) is 11.3 Å². The van der Waals surface area contributed by atoms with E-state index in [0.717, 1.165) is 11.3 Å². The second-order valence-electron chi connectivity index (χ2n) is 7.47. The van der Waals surface area contributed by atoms with Crippen molar-refractivity contribution in [1.82, 2.24) is 4.98 Å². The molecule has 3 aromatic carbocycles. The van der Waals surface area contributed by atoms with Crippen molar-refractivity contribution in [3.8, 4) is 5.75 Å². The number of benzene rings is 3. The van der Waals surface area contributed by atoms with E-state index in [1.54, 1.807) is 54.7 Å². The number of sulfonamides is 1. The Bertz CT molecular complexity index is 1410. The summed E-state index contributed by atoms with van der Waals surface area (Å²) in [7, 11) is -3.79. The number of nitrogens with one attached hydrogen (secondary N) is 2. The Balaban J connectivity index is 1.37. The topological polar surface area (TPSA) is 97.4 Å². The van der Waals surface area contributed by atoms with Crippen molar-refractivity contribution in [3.05, 3.63) is 121 Å². The number of aromatic nitrogens is 1. The van der Waals surface area contributed by atoms with Crippen LogP contribution in [0.3, 0.4) is 0 Å². The van der Waals surface area contributed by atoms with Gasteiger partial charge in [0.25, 0.3) is 10.0 Å². The van der Waals surface area contributed by atoms with Crippen molar-refractivity contribution in [2.75, 3.05) is 10.0 Å². The number of ether oxygens (including phenoxy) is 1. The second kappa shape index (κ2) is 11.1. The molecule has 4 rings (SSSR count). The SMILES string of the molecule is O=C(/C=C/c1ccc(OCc2ccccn2)cc1)Nc1ccccc1NS(=O)(=O)c1ccccc1. The number of hydrogen-bond donors (Lipinski definition) is 2. The summed E-state index contributed by atoms with van der Waals surface area (Å²) in [5.74, 6) is 0.295. The number of pyridine rings is 1. The van der Waals surface area contributed by atoms with Gasteiger partial charge in [0.2, 0.25) is 5.91 Å². The molecular weight excluding hydrogens is 462 g/mol. The smallest absolute Gasteiger partial charge is 0.261 e. The first-order valence-corrected chi connectivity index (χ1v) is 12.3. The zero-order valence-corrected chi connectivity index (χ0v) is 19.5. The molecule has 4 aromatic rings. The quantitative estimate of drug-likeness (QED) is 0.321. The highest BCUT2D eigenvalue weighted by Crippen LogP contribution is 2.24. The normalized spacial score (nSPS) is 11.2. The number of para-hydroxylation sites is 2. The summed E-state index contributed by atoms with van der Waals surface area (Å²) in [6.45, 7) is 0.367. The highest BCUT2D eigenvalue weighted by molar-refractivity contribution is 7.92. The zero-order valence-electron chi connectivity index (χ0n) is 18.7. The Hall–Kier alpha value is -4.43. The van der Waals surface area contributed by atoms with E-state index in [4.69, 9.17) is 4.74 Å². The van der Waals surface area contributed by atoms with Gasteiger partial charge in [-0.05, 0) is 60.2 Å². The molecule has 35 heavy (non-hydrogen) atoms. The molecule has 0 fully saturated rings. The van der Waals surface area contributed by atoms with Crippen LogP contribution in [0.5, 0.6) is 5.75 Å². The largest absolute Gasteiger partial charge is 0.487 e. The van der Waals surface area contributed by atoms with Crippen LogP contribution >= 0.6 is 0 Å². The molecule has 8 heteroatoms. The molecular formula is C27H23N3O4S. The molecule has 0 aliphatic heterocycles. The third kappa shape index (κ3) is 6.78. The molecule has 0 saturated heterocycles. The molecule has 1 aromatic heterocycles. The summed E-state index contributed by atoms with van der Waals surface area (Å²) in [4.78, 5) is 16.8. The molecule has 176 valence electrons. The molecule has 1 heterocycles. The molecule has 0 bridgehead atoms. The summed E-state index contributed by atoms with van der Waals surface area (Å²) < 4.78 is 33.5. The molecule has 2 N–H and O–H groups in total. The first kappa shape index (κ1) is 23.7. The summed E-state index contributed by atoms with van der Waals surface area (Å²) in [6, 6.07) is 27.6. The predicted molar refractivity (Wildman–Crippen MR) is 136 cm³/mol. The Morgan fingerprint density at radius 1 is 0.829 bits per heavy atom. The monoisotopic (exact) mass is 485 g/mol. The van der Waals surface area contributed by atoms with E-state index in [1.807, 2.05) is 42.5 Å². The lowest BCUT2D eigenvalue weighted by Crippen LogP contribution is -2.16. The lowest BCUT2D eigenvalue weighted by molar-refractivity contribution is -0.111. The van der Waals surface area contributed by atoms with Gasteiger partial charge in [0, 0.05) is 12.3 Å². The first-order valence-electron chi connectivity index (χ1n) is 10.8. The van der Waals surface area contributed by atoms with Crippen molar-refractivity contribution in [2.24, 2.45) is 0 Å². The van der Waals surface area contributed by atoms with Gasteiger partial charge < -0.3 is 10.1 Å². The summed E-state index contributed by atoms with van der Waals surface area (Å²) in [5.41, 5.74) is 2.26. The van der Waals surface area contributed by atoms with Gasteiger partial charge in [0.05, 0.1) is 22.0 Å². The average Bonchev–Trinajstić information content (AvgIpc) is 2.89. The number of hydrogen-bond acceptors (Lipinski definition) is 5. The van der Waals surface area contributed by atoms with Gasteiger partial charge in [-0.25, -0.2) is 8.42 Å². The second-order valence-corrected chi connectivity index (χ2v) is 9.15. The van der Waals surface area contributed by atoms with Crippen LogP contribution < -0.4 is 14.8 Å². The third-order valence-corrected chi connectivity index (χ3v) is 6.28. The molecule has 0 saturated carbocycles. The van der Waals surface area contributed by atoms with Crippen LogP contribution in [0.25, 0.3) is 6.08 Å². The fraction of sp³-hybridized carbons (Fsp3) is 0.0370. The van der Waals surface area contributed by atoms with E-state index in [0.29, 0.717) is 18.0 Å². The van der Waals surface area contributed by atoms with E-state index < -0.39 is 15.9 Å². The van der Waals surface area contributed by atoms with Crippen molar-refractivity contribution >= 4 is 33.4 Å². The summed E-state index contributed by atoms with van der Waals surface area (Å²) >= 11 is 0. The Kier molecular flexibility index (Phi) is 7.54. The highest BCUT2D eigenvalue weighted by atomic mass is 32.2. The fourth-order valence-electron chi connectivity index (χ4n) is 3.15. The van der Waals surface area contributed by atoms with E-state index in [1.165, 1.54) is 18.2 Å². The minimum atomic E-state index is -3.79. The molecule has 0 spiro atoms. The maximum atomic E-state index is 12.7. The third-order valence-electron chi connectivity index (χ3n) is 4.90. The summed E-state index contributed by atoms with van der Waals surface area (Å²) in [6.07, 6.45) is 4.76. The number of anilines is 2. The lowest BCUT2D eigenvalue weighted by Gasteiger charge is -2.12. The van der Waals surface area contributed by atoms with E-state index in [2.05, 4.69) is 15.0 Å². The number of carbonyl (C=O) groups is 1. The molecule has 0 unspecified atom stereocenters. The number of amides is 1. The van der Waals surface area contributed by atoms with Crippen molar-refractivity contribution in [2.45, 2.75) is 11.5 Å². The maximum Gasteiger partial charge on any atom is 0.261 e. The Labute approximate surface area is 204 Å². The lowest BCUT2D eigenvalue weighted by atomic mass is 10.2. The number of rotatable bonds is 9. The fourth-order valence-corrected chi connectivity index (χ4v) is 4.25.